The number of nitrogens with one attached hydrogen (secondary N) is 1. The van der Waals surface area contributed by atoms with Crippen molar-refractivity contribution in [2.24, 2.45) is 0 Å². The molecule has 0 aliphatic rings. The maximum atomic E-state index is 12.2. The lowest BCUT2D eigenvalue weighted by Crippen LogP contribution is -2.32. The Morgan fingerprint density at radius 2 is 1.95 bits per heavy atom. The fraction of sp³-hybridized carbons (Fsp3) is 0.278. The molecule has 0 saturated carbocycles. The lowest BCUT2D eigenvalue weighted by molar-refractivity contribution is 0.0938. The van der Waals surface area contributed by atoms with Gasteiger partial charge in [-0.1, -0.05) is 41.9 Å². The predicted molar refractivity (Wildman–Crippen MR) is 89.7 cm³/mol. The van der Waals surface area contributed by atoms with Crippen molar-refractivity contribution in [1.82, 2.24) is 5.32 Å². The Morgan fingerprint density at radius 1 is 1.23 bits per heavy atom. The molecule has 116 valence electrons. The van der Waals surface area contributed by atoms with E-state index >= 15 is 0 Å². The summed E-state index contributed by atoms with van der Waals surface area (Å²) in [7, 11) is 1.55. The summed E-state index contributed by atoms with van der Waals surface area (Å²) in [6.07, 6.45) is 1.82. The van der Waals surface area contributed by atoms with E-state index in [4.69, 9.17) is 16.3 Å². The first kappa shape index (κ1) is 16.4. The van der Waals surface area contributed by atoms with E-state index in [2.05, 4.69) is 17.4 Å². The summed E-state index contributed by atoms with van der Waals surface area (Å²) >= 11 is 6.05. The molecule has 0 aliphatic carbocycles. The first-order valence-corrected chi connectivity index (χ1v) is 7.66. The van der Waals surface area contributed by atoms with Crippen molar-refractivity contribution < 1.29 is 9.53 Å². The van der Waals surface area contributed by atoms with Crippen LogP contribution in [0.15, 0.2) is 48.5 Å². The van der Waals surface area contributed by atoms with Crippen molar-refractivity contribution >= 4 is 17.5 Å². The van der Waals surface area contributed by atoms with E-state index in [0.717, 1.165) is 12.8 Å². The molecular formula is C18H20ClNO2. The number of benzene rings is 2. The van der Waals surface area contributed by atoms with Gasteiger partial charge in [-0.25, -0.2) is 0 Å². The van der Waals surface area contributed by atoms with Gasteiger partial charge in [0.05, 0.1) is 12.1 Å². The second-order valence-electron chi connectivity index (χ2n) is 5.25. The molecule has 2 aromatic rings. The molecule has 0 radical (unpaired) electrons. The maximum absolute atomic E-state index is 12.2. The zero-order valence-electron chi connectivity index (χ0n) is 12.8. The van der Waals surface area contributed by atoms with Crippen LogP contribution < -0.4 is 10.1 Å². The third-order valence-electron chi connectivity index (χ3n) is 3.50. The Hall–Kier alpha value is -2.00. The zero-order valence-corrected chi connectivity index (χ0v) is 13.6. The van der Waals surface area contributed by atoms with Gasteiger partial charge < -0.3 is 10.1 Å². The fourth-order valence-electron chi connectivity index (χ4n) is 2.21. The molecule has 0 spiro atoms. The largest absolute Gasteiger partial charge is 0.495 e. The van der Waals surface area contributed by atoms with Gasteiger partial charge in [-0.3, -0.25) is 4.79 Å². The summed E-state index contributed by atoms with van der Waals surface area (Å²) in [5, 5.41) is 3.43. The Morgan fingerprint density at radius 3 is 2.59 bits per heavy atom. The number of rotatable bonds is 6. The third-order valence-corrected chi connectivity index (χ3v) is 3.80. The predicted octanol–water partition coefficient (Wildman–Crippen LogP) is 4.10. The van der Waals surface area contributed by atoms with Crippen molar-refractivity contribution in [2.45, 2.75) is 25.8 Å². The van der Waals surface area contributed by atoms with Crippen LogP contribution in [0.25, 0.3) is 0 Å². The number of amides is 1. The van der Waals surface area contributed by atoms with Gasteiger partial charge in [-0.05, 0) is 43.5 Å². The van der Waals surface area contributed by atoms with Crippen LogP contribution in [0.2, 0.25) is 5.02 Å². The van der Waals surface area contributed by atoms with E-state index in [-0.39, 0.29) is 11.9 Å². The Bertz CT molecular complexity index is 628. The summed E-state index contributed by atoms with van der Waals surface area (Å²) in [6, 6.07) is 15.4. The van der Waals surface area contributed by atoms with Gasteiger partial charge >= 0.3 is 0 Å². The van der Waals surface area contributed by atoms with E-state index in [1.54, 1.807) is 25.3 Å². The molecule has 1 unspecified atom stereocenters. The Balaban J connectivity index is 1.89. The quantitative estimate of drug-likeness (QED) is 0.871. The summed E-state index contributed by atoms with van der Waals surface area (Å²) in [5.74, 6) is 0.445. The highest BCUT2D eigenvalue weighted by molar-refractivity contribution is 6.32. The molecule has 0 bridgehead atoms. The van der Waals surface area contributed by atoms with Gasteiger partial charge in [0, 0.05) is 11.6 Å². The number of methoxy groups -OCH3 is 1. The van der Waals surface area contributed by atoms with Crippen molar-refractivity contribution in [3.63, 3.8) is 0 Å². The van der Waals surface area contributed by atoms with Crippen molar-refractivity contribution in [2.75, 3.05) is 7.11 Å². The van der Waals surface area contributed by atoms with Crippen LogP contribution in [0.3, 0.4) is 0 Å². The van der Waals surface area contributed by atoms with Crippen molar-refractivity contribution in [3.8, 4) is 5.75 Å². The van der Waals surface area contributed by atoms with Gasteiger partial charge in [0.15, 0.2) is 0 Å². The molecule has 0 aliphatic heterocycles. The van der Waals surface area contributed by atoms with Gasteiger partial charge in [-0.15, -0.1) is 0 Å². The summed E-state index contributed by atoms with van der Waals surface area (Å²) < 4.78 is 5.08. The smallest absolute Gasteiger partial charge is 0.251 e. The molecule has 0 aromatic heterocycles. The molecule has 0 fully saturated rings. The first-order valence-electron chi connectivity index (χ1n) is 7.28. The van der Waals surface area contributed by atoms with Gasteiger partial charge in [0.2, 0.25) is 0 Å². The van der Waals surface area contributed by atoms with Gasteiger partial charge in [-0.2, -0.15) is 0 Å². The normalized spacial score (nSPS) is 11.8. The Kier molecular flexibility index (Phi) is 5.84. The minimum Gasteiger partial charge on any atom is -0.495 e. The van der Waals surface area contributed by atoms with Crippen LogP contribution in [-0.2, 0) is 6.42 Å². The highest BCUT2D eigenvalue weighted by atomic mass is 35.5. The molecule has 1 amide bonds. The number of ether oxygens (including phenoxy) is 1. The summed E-state index contributed by atoms with van der Waals surface area (Å²) in [5.41, 5.74) is 1.81. The molecule has 0 heterocycles. The molecule has 2 aromatic carbocycles. The van der Waals surface area contributed by atoms with Crippen molar-refractivity contribution in [1.29, 1.82) is 0 Å². The Labute approximate surface area is 136 Å². The van der Waals surface area contributed by atoms with Crippen LogP contribution in [-0.4, -0.2) is 19.1 Å². The topological polar surface area (TPSA) is 38.3 Å². The second kappa shape index (κ2) is 7.85. The van der Waals surface area contributed by atoms with Gasteiger partial charge in [0.1, 0.15) is 5.75 Å². The molecule has 4 heteroatoms. The van der Waals surface area contributed by atoms with Crippen LogP contribution in [0.1, 0.15) is 29.3 Å². The summed E-state index contributed by atoms with van der Waals surface area (Å²) in [6.45, 7) is 2.01. The number of halogens is 1. The summed E-state index contributed by atoms with van der Waals surface area (Å²) in [4.78, 5) is 12.2. The monoisotopic (exact) mass is 317 g/mol. The van der Waals surface area contributed by atoms with Crippen LogP contribution in [0.4, 0.5) is 0 Å². The first-order chi connectivity index (χ1) is 10.6. The lowest BCUT2D eigenvalue weighted by atomic mass is 10.1. The minimum atomic E-state index is -0.120. The lowest BCUT2D eigenvalue weighted by Gasteiger charge is -2.14. The number of aryl methyl sites for hydroxylation is 1. The number of carbonyl (C=O) groups is 1. The zero-order chi connectivity index (χ0) is 15.9. The number of hydrogen-bond donors (Lipinski definition) is 1. The maximum Gasteiger partial charge on any atom is 0.251 e. The molecular weight excluding hydrogens is 298 g/mol. The minimum absolute atomic E-state index is 0.0913. The third kappa shape index (κ3) is 4.50. The van der Waals surface area contributed by atoms with E-state index in [0.29, 0.717) is 16.3 Å². The fourth-order valence-corrected chi connectivity index (χ4v) is 2.47. The van der Waals surface area contributed by atoms with E-state index in [1.807, 2.05) is 25.1 Å². The SMILES string of the molecule is COc1ccc(C(=O)NC(C)CCc2ccccc2)cc1Cl. The molecule has 0 saturated heterocycles. The van der Waals surface area contributed by atoms with Crippen LogP contribution in [0.5, 0.6) is 5.75 Å². The average molecular weight is 318 g/mol. The molecule has 1 N–H and O–H groups in total. The average Bonchev–Trinajstić information content (AvgIpc) is 2.53. The van der Waals surface area contributed by atoms with Crippen molar-refractivity contribution in [3.05, 3.63) is 64.7 Å². The van der Waals surface area contributed by atoms with E-state index in [9.17, 15) is 4.79 Å². The second-order valence-corrected chi connectivity index (χ2v) is 5.66. The molecule has 3 nitrogen and oxygen atoms in total. The van der Waals surface area contributed by atoms with E-state index < -0.39 is 0 Å². The molecule has 1 atom stereocenters. The molecule has 22 heavy (non-hydrogen) atoms. The number of carbonyl (C=O) groups excluding carboxylic acids is 1. The highest BCUT2D eigenvalue weighted by Crippen LogP contribution is 2.24. The molecule has 2 rings (SSSR count). The van der Waals surface area contributed by atoms with Crippen LogP contribution in [0, 0.1) is 0 Å². The van der Waals surface area contributed by atoms with Gasteiger partial charge in [0.25, 0.3) is 5.91 Å². The van der Waals surface area contributed by atoms with E-state index in [1.165, 1.54) is 5.56 Å². The number of hydrogen-bond acceptors (Lipinski definition) is 2. The standard InChI is InChI=1S/C18H20ClNO2/c1-13(8-9-14-6-4-3-5-7-14)20-18(21)15-10-11-17(22-2)16(19)12-15/h3-7,10-13H,8-9H2,1-2H3,(H,20,21). The highest BCUT2D eigenvalue weighted by Gasteiger charge is 2.12. The van der Waals surface area contributed by atoms with Crippen LogP contribution >= 0.6 is 11.6 Å².